The molecule has 0 aliphatic carbocycles. The molecule has 2 saturated heterocycles. The van der Waals surface area contributed by atoms with E-state index in [0.29, 0.717) is 24.9 Å². The van der Waals surface area contributed by atoms with Gasteiger partial charge in [-0.15, -0.1) is 0 Å². The first-order valence-corrected chi connectivity index (χ1v) is 27.8. The summed E-state index contributed by atoms with van der Waals surface area (Å²) in [5.74, 6) is 0.769. The van der Waals surface area contributed by atoms with E-state index in [0.717, 1.165) is 48.8 Å². The number of pyridine rings is 2. The Labute approximate surface area is 432 Å². The minimum Gasteiger partial charge on any atom is -0.444 e. The average Bonchev–Trinajstić information content (AvgIpc) is 3.65. The molecule has 2 aromatic heterocycles. The van der Waals surface area contributed by atoms with Gasteiger partial charge >= 0.3 is 12.2 Å². The van der Waals surface area contributed by atoms with E-state index in [1.54, 1.807) is 6.21 Å². The van der Waals surface area contributed by atoms with Crippen LogP contribution in [0.15, 0.2) is 45.7 Å². The highest BCUT2D eigenvalue weighted by molar-refractivity contribution is 9.10. The van der Waals surface area contributed by atoms with Crippen LogP contribution >= 0.6 is 15.9 Å². The van der Waals surface area contributed by atoms with Crippen LogP contribution in [0.2, 0.25) is 0 Å². The first kappa shape index (κ1) is 62.4. The molecule has 3 unspecified atom stereocenters. The van der Waals surface area contributed by atoms with Gasteiger partial charge in [-0.1, -0.05) is 53.7 Å². The standard InChI is InChI=1S/C27H47N3O3S.C18H34N2O3S.C9H12BrN/c1-24(2,3)20-13-15-21(28-17-20)22(29-34(32)26(7,8)9)14-12-19-16-27(10,11)30(18-19)23(31)33-25(4,5)6;1-16(2,3)23-15(21)20-13-14(12-18(20,7)8)10-9-11-19-24(22)17(4,5)6;1-9(2,3)7-4-5-8(10)11-6-7/h13,15,17,19,22,29H,12,14,16,18H2,1-11H3;11,14H,9-10,12-13H2,1-8H3;4-6H,1-3H3/t19-,22?,34?;14-,24?;/m00./s1. The summed E-state index contributed by atoms with van der Waals surface area (Å²) in [6, 6.07) is 8.13. The quantitative estimate of drug-likeness (QED) is 0.183. The second-order valence-electron chi connectivity index (χ2n) is 26.1. The Hall–Kier alpha value is -2.75. The lowest BCUT2D eigenvalue weighted by atomic mass is 9.88. The highest BCUT2D eigenvalue weighted by Crippen LogP contribution is 2.38. The van der Waals surface area contributed by atoms with E-state index in [1.165, 1.54) is 11.1 Å². The molecule has 5 atom stereocenters. The van der Waals surface area contributed by atoms with Crippen LogP contribution in [0.3, 0.4) is 0 Å². The normalized spacial score (nSPS) is 20.0. The Morgan fingerprint density at radius 1 is 0.710 bits per heavy atom. The van der Waals surface area contributed by atoms with Crippen molar-refractivity contribution in [2.75, 3.05) is 13.1 Å². The van der Waals surface area contributed by atoms with E-state index in [9.17, 15) is 18.0 Å². The third kappa shape index (κ3) is 21.9. The highest BCUT2D eigenvalue weighted by atomic mass is 79.9. The summed E-state index contributed by atoms with van der Waals surface area (Å²) in [6.07, 6.45) is 10.4. The zero-order chi connectivity index (χ0) is 53.4. The zero-order valence-electron chi connectivity index (χ0n) is 46.8. The summed E-state index contributed by atoms with van der Waals surface area (Å²) in [5, 5.41) is 0. The number of likely N-dealkylation sites (tertiary alicyclic amines) is 2. The molecule has 394 valence electrons. The fourth-order valence-corrected chi connectivity index (χ4v) is 9.52. The molecule has 12 nitrogen and oxygen atoms in total. The molecule has 0 spiro atoms. The van der Waals surface area contributed by atoms with E-state index in [-0.39, 0.29) is 49.6 Å². The Kier molecular flexibility index (Phi) is 22.0. The van der Waals surface area contributed by atoms with E-state index < -0.39 is 33.2 Å². The predicted octanol–water partition coefficient (Wildman–Crippen LogP) is 13.8. The Morgan fingerprint density at radius 3 is 1.51 bits per heavy atom. The minimum atomic E-state index is -1.21. The third-order valence-corrected chi connectivity index (χ3v) is 15.3. The number of rotatable bonds is 10. The fraction of sp³-hybridized carbons (Fsp3) is 0.759. The zero-order valence-corrected chi connectivity index (χ0v) is 50.0. The molecule has 2 amide bonds. The Balaban J connectivity index is 0.000000402. The summed E-state index contributed by atoms with van der Waals surface area (Å²) in [4.78, 5) is 37.8. The Morgan fingerprint density at radius 2 is 1.14 bits per heavy atom. The number of carbonyl (C=O) groups is 2. The van der Waals surface area contributed by atoms with Crippen LogP contribution in [0.25, 0.3) is 0 Å². The molecule has 0 aromatic carbocycles. The molecule has 2 aliphatic heterocycles. The maximum Gasteiger partial charge on any atom is 0.410 e. The topological polar surface area (TPSA) is 143 Å². The second kappa shape index (κ2) is 24.3. The number of halogens is 1. The Bertz CT molecular complexity index is 2030. The van der Waals surface area contributed by atoms with Crippen molar-refractivity contribution in [3.05, 3.63) is 58.1 Å². The van der Waals surface area contributed by atoms with Crippen molar-refractivity contribution in [1.82, 2.24) is 24.5 Å². The van der Waals surface area contributed by atoms with Crippen LogP contribution in [-0.4, -0.2) is 91.5 Å². The molecule has 0 saturated carbocycles. The number of amides is 2. The number of nitrogens with zero attached hydrogens (tertiary/aromatic N) is 5. The smallest absolute Gasteiger partial charge is 0.410 e. The fourth-order valence-electron chi connectivity index (χ4n) is 7.88. The van der Waals surface area contributed by atoms with Crippen molar-refractivity contribution in [2.45, 2.75) is 239 Å². The summed E-state index contributed by atoms with van der Waals surface area (Å²) in [7, 11) is -2.41. The molecule has 15 heteroatoms. The van der Waals surface area contributed by atoms with Gasteiger partial charge in [0.2, 0.25) is 0 Å². The van der Waals surface area contributed by atoms with Gasteiger partial charge in [0.25, 0.3) is 0 Å². The number of hydrogen-bond acceptors (Lipinski definition) is 8. The van der Waals surface area contributed by atoms with Gasteiger partial charge in [0, 0.05) is 42.8 Å². The summed E-state index contributed by atoms with van der Waals surface area (Å²) in [5.41, 5.74) is 2.15. The molecular formula is C54H93BrN6O6S2. The monoisotopic (exact) mass is 1060 g/mol. The molecular weight excluding hydrogens is 973 g/mol. The van der Waals surface area contributed by atoms with Crippen molar-refractivity contribution in [3.8, 4) is 0 Å². The van der Waals surface area contributed by atoms with Gasteiger partial charge in [-0.3, -0.25) is 4.98 Å². The molecule has 1 N–H and O–H groups in total. The van der Waals surface area contributed by atoms with Crippen molar-refractivity contribution in [1.29, 1.82) is 0 Å². The lowest BCUT2D eigenvalue weighted by Gasteiger charge is -2.33. The minimum absolute atomic E-state index is 0.0310. The van der Waals surface area contributed by atoms with E-state index in [4.69, 9.17) is 14.5 Å². The number of hydrogen-bond donors (Lipinski definition) is 1. The highest BCUT2D eigenvalue weighted by Gasteiger charge is 2.44. The van der Waals surface area contributed by atoms with Crippen LogP contribution in [0, 0.1) is 11.8 Å². The van der Waals surface area contributed by atoms with Gasteiger partial charge in [-0.2, -0.15) is 4.40 Å². The molecule has 4 heterocycles. The molecule has 2 fully saturated rings. The molecule has 2 aromatic rings. The lowest BCUT2D eigenvalue weighted by molar-refractivity contribution is 0.0118. The third-order valence-electron chi connectivity index (χ3n) is 11.8. The summed E-state index contributed by atoms with van der Waals surface area (Å²) in [6.45, 7) is 45.8. The average molecular weight is 1070 g/mol. The summed E-state index contributed by atoms with van der Waals surface area (Å²) >= 11 is 3.30. The second-order valence-corrected chi connectivity index (χ2v) is 30.9. The van der Waals surface area contributed by atoms with Gasteiger partial charge in [-0.25, -0.2) is 27.7 Å². The SMILES string of the molecule is CC(C)(C)OC(=O)N1C[C@@H](CCC(NS(=O)C(C)(C)C)c2ccc(C(C)(C)C)cn2)CC1(C)C.CC(C)(C)OC(=O)N1C[C@@H](CCC=NS(=O)C(C)(C)C)CC1(C)C.CC(C)(C)c1ccc(Br)nc1. The van der Waals surface area contributed by atoms with Crippen molar-refractivity contribution >= 4 is 56.3 Å². The summed E-state index contributed by atoms with van der Waals surface area (Å²) < 4.78 is 43.7. The lowest BCUT2D eigenvalue weighted by Crippen LogP contribution is -2.45. The van der Waals surface area contributed by atoms with Gasteiger partial charge in [-0.05, 0) is 211 Å². The molecule has 69 heavy (non-hydrogen) atoms. The molecule has 0 bridgehead atoms. The van der Waals surface area contributed by atoms with Crippen molar-refractivity contribution < 1.29 is 27.5 Å². The van der Waals surface area contributed by atoms with E-state index >= 15 is 0 Å². The number of ether oxygens (including phenoxy) is 2. The van der Waals surface area contributed by atoms with Crippen molar-refractivity contribution in [3.63, 3.8) is 0 Å². The number of carbonyl (C=O) groups excluding carboxylic acids is 2. The maximum absolute atomic E-state index is 13.0. The van der Waals surface area contributed by atoms with Gasteiger partial charge in [0.15, 0.2) is 0 Å². The molecule has 2 aliphatic rings. The molecule has 0 radical (unpaired) electrons. The van der Waals surface area contributed by atoms with Gasteiger partial charge < -0.3 is 19.3 Å². The van der Waals surface area contributed by atoms with Crippen LogP contribution in [-0.2, 0) is 42.3 Å². The van der Waals surface area contributed by atoms with Crippen LogP contribution in [0.5, 0.6) is 0 Å². The van der Waals surface area contributed by atoms with Crippen LogP contribution in [0.4, 0.5) is 9.59 Å². The van der Waals surface area contributed by atoms with E-state index in [1.807, 2.05) is 111 Å². The predicted molar refractivity (Wildman–Crippen MR) is 292 cm³/mol. The van der Waals surface area contributed by atoms with Gasteiger partial charge in [0.05, 0.1) is 32.2 Å². The first-order valence-electron chi connectivity index (χ1n) is 24.7. The largest absolute Gasteiger partial charge is 0.444 e. The number of nitrogens with one attached hydrogen (secondary N) is 1. The first-order chi connectivity index (χ1) is 31.0. The molecule has 4 rings (SSSR count). The van der Waals surface area contributed by atoms with Crippen molar-refractivity contribution in [2.24, 2.45) is 16.2 Å². The van der Waals surface area contributed by atoms with Gasteiger partial charge in [0.1, 0.15) is 26.8 Å². The van der Waals surface area contributed by atoms with Crippen LogP contribution in [0.1, 0.15) is 214 Å². The maximum atomic E-state index is 13.0. The van der Waals surface area contributed by atoms with Crippen LogP contribution < -0.4 is 4.72 Å². The number of aromatic nitrogens is 2. The van der Waals surface area contributed by atoms with E-state index in [2.05, 4.69) is 117 Å².